The molecule has 10 heteroatoms. The van der Waals surface area contributed by atoms with Crippen LogP contribution < -0.4 is 9.64 Å². The van der Waals surface area contributed by atoms with Gasteiger partial charge in [0, 0.05) is 31.7 Å². The highest BCUT2D eigenvalue weighted by Gasteiger charge is 2.34. The predicted molar refractivity (Wildman–Crippen MR) is 125 cm³/mol. The third kappa shape index (κ3) is 5.61. The predicted octanol–water partition coefficient (Wildman–Crippen LogP) is 4.61. The largest absolute Gasteiger partial charge is 0.495 e. The third-order valence-corrected chi connectivity index (χ3v) is 6.28. The summed E-state index contributed by atoms with van der Waals surface area (Å²) in [6, 6.07) is 17.2. The minimum absolute atomic E-state index is 0.0375. The number of para-hydroxylation sites is 2. The molecule has 0 radical (unpaired) electrons. The number of amides is 1. The summed E-state index contributed by atoms with van der Waals surface area (Å²) in [6.45, 7) is 2.29. The first-order valence-corrected chi connectivity index (χ1v) is 11.6. The van der Waals surface area contributed by atoms with Crippen molar-refractivity contribution >= 4 is 23.4 Å². The third-order valence-electron chi connectivity index (χ3n) is 5.45. The summed E-state index contributed by atoms with van der Waals surface area (Å²) in [7, 11) is 1.62. The van der Waals surface area contributed by atoms with E-state index in [2.05, 4.69) is 14.9 Å². The highest BCUT2D eigenvalue weighted by Crippen LogP contribution is 2.32. The molecular weight excluding hydrogens is 465 g/mol. The summed E-state index contributed by atoms with van der Waals surface area (Å²) in [5.41, 5.74) is 0.665. The van der Waals surface area contributed by atoms with Crippen LogP contribution in [-0.4, -0.2) is 59.8 Å². The molecule has 0 aliphatic carbocycles. The fourth-order valence-corrected chi connectivity index (χ4v) is 4.46. The van der Waals surface area contributed by atoms with Crippen LogP contribution in [0.25, 0.3) is 11.3 Å². The van der Waals surface area contributed by atoms with Gasteiger partial charge in [0.15, 0.2) is 5.16 Å². The van der Waals surface area contributed by atoms with E-state index >= 15 is 0 Å². The van der Waals surface area contributed by atoms with Gasteiger partial charge in [-0.15, -0.1) is 0 Å². The molecule has 2 aromatic carbocycles. The highest BCUT2D eigenvalue weighted by molar-refractivity contribution is 7.99. The molecule has 4 rings (SSSR count). The number of carbonyl (C=O) groups excluding carboxylic acids is 1. The van der Waals surface area contributed by atoms with Gasteiger partial charge in [-0.05, 0) is 18.2 Å². The Labute approximate surface area is 199 Å². The average molecular weight is 489 g/mol. The number of alkyl halides is 3. The van der Waals surface area contributed by atoms with Crippen molar-refractivity contribution < 1.29 is 22.7 Å². The van der Waals surface area contributed by atoms with Gasteiger partial charge in [0.1, 0.15) is 11.4 Å². The van der Waals surface area contributed by atoms with Crippen molar-refractivity contribution in [3.63, 3.8) is 0 Å². The van der Waals surface area contributed by atoms with Crippen LogP contribution in [-0.2, 0) is 11.0 Å². The van der Waals surface area contributed by atoms with E-state index in [1.807, 2.05) is 24.3 Å². The molecule has 0 spiro atoms. The molecule has 2 heterocycles. The van der Waals surface area contributed by atoms with Gasteiger partial charge in [0.25, 0.3) is 0 Å². The van der Waals surface area contributed by atoms with E-state index in [0.29, 0.717) is 31.7 Å². The van der Waals surface area contributed by atoms with E-state index in [0.717, 1.165) is 29.3 Å². The van der Waals surface area contributed by atoms with E-state index in [1.165, 1.54) is 0 Å². The molecule has 0 bridgehead atoms. The van der Waals surface area contributed by atoms with Crippen molar-refractivity contribution in [1.82, 2.24) is 14.9 Å². The molecule has 0 saturated carbocycles. The number of thioether (sulfide) groups is 1. The molecule has 3 aromatic rings. The van der Waals surface area contributed by atoms with E-state index in [9.17, 15) is 18.0 Å². The van der Waals surface area contributed by atoms with Crippen LogP contribution in [0.4, 0.5) is 18.9 Å². The molecule has 178 valence electrons. The van der Waals surface area contributed by atoms with Gasteiger partial charge in [0.2, 0.25) is 5.91 Å². The van der Waals surface area contributed by atoms with Crippen molar-refractivity contribution in [2.24, 2.45) is 0 Å². The number of halogens is 3. The Bertz CT molecular complexity index is 1140. The van der Waals surface area contributed by atoms with Crippen molar-refractivity contribution in [1.29, 1.82) is 0 Å². The Morgan fingerprint density at radius 2 is 1.68 bits per heavy atom. The quantitative estimate of drug-likeness (QED) is 0.373. The zero-order valence-electron chi connectivity index (χ0n) is 18.5. The summed E-state index contributed by atoms with van der Waals surface area (Å²) in [5, 5.41) is -0.0744. The number of nitrogens with zero attached hydrogens (tertiary/aromatic N) is 4. The Morgan fingerprint density at radius 3 is 2.35 bits per heavy atom. The van der Waals surface area contributed by atoms with Crippen LogP contribution >= 0.6 is 11.8 Å². The summed E-state index contributed by atoms with van der Waals surface area (Å²) in [5.74, 6) is 0.574. The van der Waals surface area contributed by atoms with Crippen LogP contribution in [0.3, 0.4) is 0 Å². The Morgan fingerprint density at radius 1 is 1.00 bits per heavy atom. The number of methoxy groups -OCH3 is 1. The number of aromatic nitrogens is 2. The molecule has 0 N–H and O–H groups in total. The van der Waals surface area contributed by atoms with E-state index in [1.54, 1.807) is 42.3 Å². The van der Waals surface area contributed by atoms with Crippen LogP contribution in [0.5, 0.6) is 5.75 Å². The summed E-state index contributed by atoms with van der Waals surface area (Å²) in [6.07, 6.45) is -4.61. The van der Waals surface area contributed by atoms with Crippen molar-refractivity contribution in [3.05, 3.63) is 66.4 Å². The molecule has 34 heavy (non-hydrogen) atoms. The molecule has 1 aliphatic heterocycles. The standard InChI is InChI=1S/C24H23F3N4O2S/c1-33-20-10-6-5-9-19(20)30-11-13-31(14-12-30)22(32)16-34-23-28-18(17-7-3-2-4-8-17)15-21(29-23)24(25,26)27/h2-10,15H,11-14,16H2,1H3. The van der Waals surface area contributed by atoms with Gasteiger partial charge >= 0.3 is 6.18 Å². The molecular formula is C24H23F3N4O2S. The van der Waals surface area contributed by atoms with Crippen LogP contribution in [0, 0.1) is 0 Å². The van der Waals surface area contributed by atoms with Gasteiger partial charge in [0.05, 0.1) is 24.2 Å². The highest BCUT2D eigenvalue weighted by atomic mass is 32.2. The fraction of sp³-hybridized carbons (Fsp3) is 0.292. The maximum Gasteiger partial charge on any atom is 0.433 e. The lowest BCUT2D eigenvalue weighted by atomic mass is 10.1. The van der Waals surface area contributed by atoms with Crippen molar-refractivity contribution in [2.45, 2.75) is 11.3 Å². The number of carbonyl (C=O) groups is 1. The maximum atomic E-state index is 13.4. The minimum atomic E-state index is -4.61. The second-order valence-corrected chi connectivity index (χ2v) is 8.56. The Hall–Kier alpha value is -3.27. The zero-order chi connectivity index (χ0) is 24.1. The monoisotopic (exact) mass is 488 g/mol. The second kappa shape index (κ2) is 10.3. The number of hydrogen-bond donors (Lipinski definition) is 0. The normalized spacial score (nSPS) is 14.2. The summed E-state index contributed by atoms with van der Waals surface area (Å²) >= 11 is 0.918. The van der Waals surface area contributed by atoms with Gasteiger partial charge in [-0.2, -0.15) is 13.2 Å². The molecule has 1 saturated heterocycles. The van der Waals surface area contributed by atoms with Gasteiger partial charge in [-0.25, -0.2) is 9.97 Å². The topological polar surface area (TPSA) is 58.6 Å². The lowest BCUT2D eigenvalue weighted by Crippen LogP contribution is -2.49. The summed E-state index contributed by atoms with van der Waals surface area (Å²) in [4.78, 5) is 24.5. The number of piperazine rings is 1. The zero-order valence-corrected chi connectivity index (χ0v) is 19.3. The molecule has 0 unspecified atom stereocenters. The second-order valence-electron chi connectivity index (χ2n) is 7.61. The number of rotatable bonds is 6. The molecule has 1 aromatic heterocycles. The molecule has 1 aliphatic rings. The van der Waals surface area contributed by atoms with Gasteiger partial charge in [-0.1, -0.05) is 54.2 Å². The number of ether oxygens (including phenoxy) is 1. The fourth-order valence-electron chi connectivity index (χ4n) is 3.70. The molecule has 1 fully saturated rings. The first kappa shape index (κ1) is 23.9. The van der Waals surface area contributed by atoms with E-state index in [-0.39, 0.29) is 22.5 Å². The lowest BCUT2D eigenvalue weighted by Gasteiger charge is -2.36. The van der Waals surface area contributed by atoms with Crippen molar-refractivity contribution in [3.8, 4) is 17.0 Å². The number of benzene rings is 2. The number of anilines is 1. The first-order chi connectivity index (χ1) is 16.3. The minimum Gasteiger partial charge on any atom is -0.495 e. The van der Waals surface area contributed by atoms with Crippen molar-refractivity contribution in [2.75, 3.05) is 43.9 Å². The first-order valence-electron chi connectivity index (χ1n) is 10.7. The van der Waals surface area contributed by atoms with E-state index in [4.69, 9.17) is 4.74 Å². The average Bonchev–Trinajstić information content (AvgIpc) is 2.87. The lowest BCUT2D eigenvalue weighted by molar-refractivity contribution is -0.141. The Kier molecular flexibility index (Phi) is 7.26. The SMILES string of the molecule is COc1ccccc1N1CCN(C(=O)CSc2nc(-c3ccccc3)cc(C(F)(F)F)n2)CC1. The van der Waals surface area contributed by atoms with E-state index < -0.39 is 11.9 Å². The van der Waals surface area contributed by atoms with Gasteiger partial charge in [-0.3, -0.25) is 4.79 Å². The smallest absolute Gasteiger partial charge is 0.433 e. The molecule has 1 amide bonds. The summed E-state index contributed by atoms with van der Waals surface area (Å²) < 4.78 is 45.6. The van der Waals surface area contributed by atoms with Crippen LogP contribution in [0.1, 0.15) is 5.69 Å². The van der Waals surface area contributed by atoms with Crippen LogP contribution in [0.15, 0.2) is 65.8 Å². The van der Waals surface area contributed by atoms with Gasteiger partial charge < -0.3 is 14.5 Å². The van der Waals surface area contributed by atoms with Crippen LogP contribution in [0.2, 0.25) is 0 Å². The maximum absolute atomic E-state index is 13.4. The molecule has 6 nitrogen and oxygen atoms in total. The Balaban J connectivity index is 1.41. The number of hydrogen-bond acceptors (Lipinski definition) is 6. The molecule has 0 atom stereocenters.